The average Bonchev–Trinajstić information content (AvgIpc) is 2.76. The predicted molar refractivity (Wildman–Crippen MR) is 120 cm³/mol. The normalized spacial score (nSPS) is 46.5. The maximum atomic E-state index is 11.3. The van der Waals surface area contributed by atoms with Crippen LogP contribution < -0.4 is 27.8 Å². The topological polar surface area (TPSA) is 200 Å². The van der Waals surface area contributed by atoms with Crippen LogP contribution in [0.5, 0.6) is 0 Å². The van der Waals surface area contributed by atoms with Crippen molar-refractivity contribution in [3.8, 4) is 0 Å². The van der Waals surface area contributed by atoms with Gasteiger partial charge >= 0.3 is 0 Å². The number of hydrogen-bond donors (Lipinski definition) is 8. The molecule has 0 amide bonds. The molecule has 0 radical (unpaired) electrons. The minimum absolute atomic E-state index is 0.0483. The standard InChI is InChI=1S/C21H41N5O7/c1-4-26-13-7-12(24)16(32-19-11(23)6-5-10(8-22)31-19)14(27)17(13)33-20-15(28)18(25-3)21(2,29)9-30-20/h5,11-20,25-29H,4,6-9,22-24H2,1-3H3/t11-,12+,13-,14-,15+,16+,17-,18+,19-,20-,21-/m0/s1. The molecule has 33 heavy (non-hydrogen) atoms. The molecule has 11 N–H and O–H groups in total. The third-order valence-corrected chi connectivity index (χ3v) is 6.64. The minimum Gasteiger partial charge on any atom is -0.467 e. The lowest BCUT2D eigenvalue weighted by molar-refractivity contribution is -0.304. The summed E-state index contributed by atoms with van der Waals surface area (Å²) in [6, 6.07) is -1.95. The van der Waals surface area contributed by atoms with Gasteiger partial charge in [0.05, 0.1) is 25.2 Å². The molecule has 1 saturated carbocycles. The molecule has 0 aromatic heterocycles. The van der Waals surface area contributed by atoms with Gasteiger partial charge in [0.2, 0.25) is 6.29 Å². The number of aliphatic hydroxyl groups is 3. The highest BCUT2D eigenvalue weighted by atomic mass is 16.7. The molecule has 2 heterocycles. The van der Waals surface area contributed by atoms with Crippen molar-refractivity contribution in [2.75, 3.05) is 26.7 Å². The zero-order valence-electron chi connectivity index (χ0n) is 19.6. The lowest BCUT2D eigenvalue weighted by Crippen LogP contribution is -2.69. The summed E-state index contributed by atoms with van der Waals surface area (Å²) in [6.45, 7) is 4.30. The summed E-state index contributed by atoms with van der Waals surface area (Å²) in [5, 5.41) is 38.8. The van der Waals surface area contributed by atoms with Crippen LogP contribution in [-0.4, -0.2) is 109 Å². The number of rotatable bonds is 8. The first-order valence-electron chi connectivity index (χ1n) is 11.6. The Morgan fingerprint density at radius 1 is 1.15 bits per heavy atom. The first-order chi connectivity index (χ1) is 15.6. The SMILES string of the molecule is CCN[C@H]1C[C@@H](N)[C@@H](O[C@@H]2OC(CN)=CC[C@@H]2N)[C@H](O)[C@H]1O[C@@H]1OC[C@](C)(O)[C@H](NC)[C@H]1O. The predicted octanol–water partition coefficient (Wildman–Crippen LogP) is -3.20. The van der Waals surface area contributed by atoms with Crippen LogP contribution in [0.4, 0.5) is 0 Å². The Morgan fingerprint density at radius 3 is 2.48 bits per heavy atom. The fourth-order valence-corrected chi connectivity index (χ4v) is 4.86. The van der Waals surface area contributed by atoms with Crippen LogP contribution in [-0.2, 0) is 18.9 Å². The second-order valence-corrected chi connectivity index (χ2v) is 9.31. The van der Waals surface area contributed by atoms with Crippen molar-refractivity contribution in [3.05, 3.63) is 11.8 Å². The Labute approximate surface area is 194 Å². The van der Waals surface area contributed by atoms with Gasteiger partial charge in [0.15, 0.2) is 6.29 Å². The third kappa shape index (κ3) is 5.85. The van der Waals surface area contributed by atoms with Crippen LogP contribution in [0.15, 0.2) is 11.8 Å². The van der Waals surface area contributed by atoms with Crippen molar-refractivity contribution in [1.82, 2.24) is 10.6 Å². The summed E-state index contributed by atoms with van der Waals surface area (Å²) >= 11 is 0. The molecule has 0 spiro atoms. The van der Waals surface area contributed by atoms with Crippen molar-refractivity contribution in [2.45, 2.75) is 93.5 Å². The maximum absolute atomic E-state index is 11.3. The molecule has 0 aromatic rings. The second kappa shape index (κ2) is 11.2. The van der Waals surface area contributed by atoms with E-state index in [-0.39, 0.29) is 19.2 Å². The fourth-order valence-electron chi connectivity index (χ4n) is 4.86. The van der Waals surface area contributed by atoms with Gasteiger partial charge in [0.25, 0.3) is 0 Å². The molecule has 12 nitrogen and oxygen atoms in total. The Morgan fingerprint density at radius 2 is 1.85 bits per heavy atom. The van der Waals surface area contributed by atoms with Crippen LogP contribution >= 0.6 is 0 Å². The van der Waals surface area contributed by atoms with Gasteiger partial charge in [-0.05, 0) is 39.4 Å². The van der Waals surface area contributed by atoms with Crippen molar-refractivity contribution in [3.63, 3.8) is 0 Å². The van der Waals surface area contributed by atoms with E-state index in [0.717, 1.165) is 0 Å². The van der Waals surface area contributed by atoms with E-state index in [1.165, 1.54) is 0 Å². The number of ether oxygens (including phenoxy) is 4. The van der Waals surface area contributed by atoms with Crippen LogP contribution in [0.25, 0.3) is 0 Å². The van der Waals surface area contributed by atoms with E-state index in [0.29, 0.717) is 25.1 Å². The van der Waals surface area contributed by atoms with Gasteiger partial charge in [-0.2, -0.15) is 0 Å². The number of nitrogens with one attached hydrogen (secondary N) is 2. The Hall–Kier alpha value is -0.900. The summed E-state index contributed by atoms with van der Waals surface area (Å²) in [5.74, 6) is 0.572. The van der Waals surface area contributed by atoms with Gasteiger partial charge in [-0.25, -0.2) is 0 Å². The van der Waals surface area contributed by atoms with Crippen molar-refractivity contribution in [2.24, 2.45) is 17.2 Å². The molecule has 1 aliphatic carbocycles. The van der Waals surface area contributed by atoms with Gasteiger partial charge in [-0.3, -0.25) is 0 Å². The highest BCUT2D eigenvalue weighted by Gasteiger charge is 2.51. The summed E-state index contributed by atoms with van der Waals surface area (Å²) < 4.78 is 23.6. The molecule has 3 rings (SSSR count). The van der Waals surface area contributed by atoms with E-state index in [4.69, 9.17) is 36.1 Å². The van der Waals surface area contributed by atoms with Gasteiger partial charge < -0.3 is 62.1 Å². The highest BCUT2D eigenvalue weighted by molar-refractivity contribution is 5.05. The molecule has 0 aromatic carbocycles. The molecule has 12 heteroatoms. The summed E-state index contributed by atoms with van der Waals surface area (Å²) in [4.78, 5) is 0. The summed E-state index contributed by atoms with van der Waals surface area (Å²) in [7, 11) is 1.64. The lowest BCUT2D eigenvalue weighted by Gasteiger charge is -2.49. The second-order valence-electron chi connectivity index (χ2n) is 9.31. The molecule has 192 valence electrons. The van der Waals surface area contributed by atoms with E-state index in [9.17, 15) is 15.3 Å². The van der Waals surface area contributed by atoms with E-state index in [1.807, 2.05) is 13.0 Å². The molecule has 11 atom stereocenters. The number of hydrogen-bond acceptors (Lipinski definition) is 12. The van der Waals surface area contributed by atoms with Crippen molar-refractivity contribution >= 4 is 0 Å². The summed E-state index contributed by atoms with van der Waals surface area (Å²) in [5.41, 5.74) is 16.9. The van der Waals surface area contributed by atoms with E-state index in [2.05, 4.69) is 10.6 Å². The van der Waals surface area contributed by atoms with Crippen LogP contribution in [0.3, 0.4) is 0 Å². The molecule has 2 aliphatic heterocycles. The lowest BCUT2D eigenvalue weighted by atomic mass is 9.83. The largest absolute Gasteiger partial charge is 0.467 e. The monoisotopic (exact) mass is 475 g/mol. The summed E-state index contributed by atoms with van der Waals surface area (Å²) in [6.07, 6.45) is -3.05. The zero-order chi connectivity index (χ0) is 24.3. The van der Waals surface area contributed by atoms with Gasteiger partial charge in [0, 0.05) is 12.1 Å². The smallest absolute Gasteiger partial charge is 0.215 e. The molecule has 2 fully saturated rings. The van der Waals surface area contributed by atoms with Gasteiger partial charge in [-0.1, -0.05) is 6.92 Å². The fraction of sp³-hybridized carbons (Fsp3) is 0.905. The molecule has 0 unspecified atom stereocenters. The number of aliphatic hydroxyl groups excluding tert-OH is 2. The van der Waals surface area contributed by atoms with Crippen LogP contribution in [0.2, 0.25) is 0 Å². The minimum atomic E-state index is -1.28. The third-order valence-electron chi connectivity index (χ3n) is 6.64. The molecular weight excluding hydrogens is 434 g/mol. The first kappa shape index (κ1) is 26.7. The number of likely N-dealkylation sites (N-methyl/N-ethyl adjacent to an activating group) is 2. The quantitative estimate of drug-likeness (QED) is 0.175. The Bertz CT molecular complexity index is 669. The van der Waals surface area contributed by atoms with Crippen molar-refractivity contribution < 1.29 is 34.3 Å². The zero-order valence-corrected chi connectivity index (χ0v) is 19.6. The van der Waals surface area contributed by atoms with E-state index < -0.39 is 60.7 Å². The first-order valence-corrected chi connectivity index (χ1v) is 11.6. The molecule has 1 saturated heterocycles. The molecule has 3 aliphatic rings. The number of nitrogens with two attached hydrogens (primary N) is 3. The van der Waals surface area contributed by atoms with Crippen molar-refractivity contribution in [1.29, 1.82) is 0 Å². The van der Waals surface area contributed by atoms with Gasteiger partial charge in [0.1, 0.15) is 35.8 Å². The van der Waals surface area contributed by atoms with E-state index >= 15 is 0 Å². The molecule has 0 bridgehead atoms. The molecular formula is C21H41N5O7. The van der Waals surface area contributed by atoms with Crippen LogP contribution in [0.1, 0.15) is 26.7 Å². The average molecular weight is 476 g/mol. The van der Waals surface area contributed by atoms with E-state index in [1.54, 1.807) is 14.0 Å². The van der Waals surface area contributed by atoms with Crippen LogP contribution in [0, 0.1) is 0 Å². The Balaban J connectivity index is 1.75. The maximum Gasteiger partial charge on any atom is 0.215 e. The highest BCUT2D eigenvalue weighted by Crippen LogP contribution is 2.31. The Kier molecular flexibility index (Phi) is 9.08. The van der Waals surface area contributed by atoms with Gasteiger partial charge in [-0.15, -0.1) is 0 Å².